The highest BCUT2D eigenvalue weighted by Crippen LogP contribution is 2.20. The number of para-hydroxylation sites is 1. The van der Waals surface area contributed by atoms with Gasteiger partial charge in [-0.1, -0.05) is 25.1 Å². The third-order valence-corrected chi connectivity index (χ3v) is 4.79. The first-order chi connectivity index (χ1) is 13.1. The summed E-state index contributed by atoms with van der Waals surface area (Å²) in [5.41, 5.74) is 1.13. The van der Waals surface area contributed by atoms with Crippen molar-refractivity contribution in [2.24, 2.45) is 0 Å². The molecule has 2 aromatic rings. The van der Waals surface area contributed by atoms with Gasteiger partial charge in [0.1, 0.15) is 29.8 Å². The Morgan fingerprint density at radius 2 is 2.07 bits per heavy atom. The molecule has 2 heterocycles. The van der Waals surface area contributed by atoms with E-state index >= 15 is 0 Å². The van der Waals surface area contributed by atoms with Crippen LogP contribution in [-0.2, 0) is 4.79 Å². The highest BCUT2D eigenvalue weighted by molar-refractivity contribution is 5.82. The van der Waals surface area contributed by atoms with Gasteiger partial charge in [-0.3, -0.25) is 4.79 Å². The van der Waals surface area contributed by atoms with Crippen molar-refractivity contribution in [2.45, 2.75) is 26.4 Å². The smallest absolute Gasteiger partial charge is 0.241 e. The molecule has 0 bridgehead atoms. The molecule has 1 aliphatic rings. The number of hydrogen-bond acceptors (Lipinski definition) is 6. The number of likely N-dealkylation sites (N-methyl/N-ethyl adjacent to an activating group) is 1. The SMILES string of the molecule is CCC(CNc1cc(N2CCN(C)C(=O)C2)ncn1)Oc1ccccc1C. The lowest BCUT2D eigenvalue weighted by Crippen LogP contribution is -2.48. The summed E-state index contributed by atoms with van der Waals surface area (Å²) < 4.78 is 6.12. The minimum Gasteiger partial charge on any atom is -0.488 e. The summed E-state index contributed by atoms with van der Waals surface area (Å²) in [6.45, 7) is 6.61. The van der Waals surface area contributed by atoms with Crippen LogP contribution >= 0.6 is 0 Å². The molecular formula is C20H27N5O2. The number of anilines is 2. The van der Waals surface area contributed by atoms with Gasteiger partial charge in [-0.2, -0.15) is 0 Å². The third-order valence-electron chi connectivity index (χ3n) is 4.79. The molecule has 0 spiro atoms. The zero-order valence-electron chi connectivity index (χ0n) is 16.2. The maximum absolute atomic E-state index is 11.9. The van der Waals surface area contributed by atoms with Crippen molar-refractivity contribution in [1.82, 2.24) is 14.9 Å². The average Bonchev–Trinajstić information content (AvgIpc) is 2.69. The van der Waals surface area contributed by atoms with Gasteiger partial charge in [-0.15, -0.1) is 0 Å². The van der Waals surface area contributed by atoms with Crippen molar-refractivity contribution in [3.8, 4) is 5.75 Å². The molecule has 7 heteroatoms. The van der Waals surface area contributed by atoms with E-state index < -0.39 is 0 Å². The van der Waals surface area contributed by atoms with Crippen LogP contribution in [0.1, 0.15) is 18.9 Å². The maximum Gasteiger partial charge on any atom is 0.241 e. The fourth-order valence-corrected chi connectivity index (χ4v) is 2.93. The van der Waals surface area contributed by atoms with Crippen LogP contribution < -0.4 is 15.0 Å². The molecule has 3 rings (SSSR count). The maximum atomic E-state index is 11.9. The molecule has 27 heavy (non-hydrogen) atoms. The van der Waals surface area contributed by atoms with Crippen molar-refractivity contribution < 1.29 is 9.53 Å². The second-order valence-corrected chi connectivity index (χ2v) is 6.79. The van der Waals surface area contributed by atoms with E-state index in [0.29, 0.717) is 19.6 Å². The van der Waals surface area contributed by atoms with Crippen LogP contribution in [0.3, 0.4) is 0 Å². The van der Waals surface area contributed by atoms with Crippen LogP contribution in [0, 0.1) is 6.92 Å². The van der Waals surface area contributed by atoms with Gasteiger partial charge in [0.25, 0.3) is 0 Å². The third kappa shape index (κ3) is 4.87. The molecule has 1 aromatic heterocycles. The standard InChI is InChI=1S/C20H27N5O2/c1-4-16(27-17-8-6-5-7-15(17)2)12-21-18-11-19(23-14-22-18)25-10-9-24(3)20(26)13-25/h5-8,11,14,16H,4,9-10,12-13H2,1-3H3,(H,21,22,23). The number of ether oxygens (including phenoxy) is 1. The molecule has 7 nitrogen and oxygen atoms in total. The number of nitrogens with zero attached hydrogens (tertiary/aromatic N) is 4. The van der Waals surface area contributed by atoms with E-state index in [1.807, 2.05) is 49.2 Å². The first kappa shape index (κ1) is 18.9. The zero-order chi connectivity index (χ0) is 19.2. The van der Waals surface area contributed by atoms with Crippen LogP contribution in [0.5, 0.6) is 5.75 Å². The summed E-state index contributed by atoms with van der Waals surface area (Å²) in [4.78, 5) is 24.3. The van der Waals surface area contributed by atoms with Crippen molar-refractivity contribution in [3.05, 3.63) is 42.2 Å². The number of benzene rings is 1. The van der Waals surface area contributed by atoms with Gasteiger partial charge in [0, 0.05) is 26.2 Å². The van der Waals surface area contributed by atoms with Crippen molar-refractivity contribution in [2.75, 3.05) is 43.4 Å². The number of piperazine rings is 1. The molecule has 1 N–H and O–H groups in total. The van der Waals surface area contributed by atoms with E-state index in [1.165, 1.54) is 6.33 Å². The fourth-order valence-electron chi connectivity index (χ4n) is 2.93. The van der Waals surface area contributed by atoms with E-state index in [2.05, 4.69) is 22.2 Å². The molecule has 1 aromatic carbocycles. The average molecular weight is 369 g/mol. The lowest BCUT2D eigenvalue weighted by Gasteiger charge is -2.32. The van der Waals surface area contributed by atoms with E-state index in [-0.39, 0.29) is 12.0 Å². The van der Waals surface area contributed by atoms with E-state index in [4.69, 9.17) is 4.74 Å². The molecule has 0 saturated carbocycles. The molecule has 1 unspecified atom stereocenters. The molecule has 1 atom stereocenters. The number of aryl methyl sites for hydroxylation is 1. The summed E-state index contributed by atoms with van der Waals surface area (Å²) in [5.74, 6) is 2.51. The Hall–Kier alpha value is -2.83. The van der Waals surface area contributed by atoms with Gasteiger partial charge in [0.05, 0.1) is 13.1 Å². The van der Waals surface area contributed by atoms with Gasteiger partial charge in [-0.05, 0) is 25.0 Å². The van der Waals surface area contributed by atoms with Gasteiger partial charge < -0.3 is 19.9 Å². The Balaban J connectivity index is 1.60. The largest absolute Gasteiger partial charge is 0.488 e. The molecule has 0 aliphatic carbocycles. The van der Waals surface area contributed by atoms with Gasteiger partial charge >= 0.3 is 0 Å². The van der Waals surface area contributed by atoms with Crippen molar-refractivity contribution in [3.63, 3.8) is 0 Å². The monoisotopic (exact) mass is 369 g/mol. The predicted molar refractivity (Wildman–Crippen MR) is 106 cm³/mol. The molecule has 1 fully saturated rings. The molecular weight excluding hydrogens is 342 g/mol. The van der Waals surface area contributed by atoms with Crippen molar-refractivity contribution in [1.29, 1.82) is 0 Å². The van der Waals surface area contributed by atoms with Gasteiger partial charge in [-0.25, -0.2) is 9.97 Å². The minimum atomic E-state index is 0.0368. The number of hydrogen-bond donors (Lipinski definition) is 1. The highest BCUT2D eigenvalue weighted by atomic mass is 16.5. The number of carbonyl (C=O) groups excluding carboxylic acids is 1. The molecule has 1 saturated heterocycles. The van der Waals surface area contributed by atoms with E-state index in [0.717, 1.165) is 35.9 Å². The summed E-state index contributed by atoms with van der Waals surface area (Å²) in [7, 11) is 1.83. The normalized spacial score (nSPS) is 15.6. The summed E-state index contributed by atoms with van der Waals surface area (Å²) in [6, 6.07) is 9.91. The van der Waals surface area contributed by atoms with E-state index in [9.17, 15) is 4.79 Å². The van der Waals surface area contributed by atoms with Crippen LogP contribution in [0.2, 0.25) is 0 Å². The Morgan fingerprint density at radius 1 is 1.26 bits per heavy atom. The Kier molecular flexibility index (Phi) is 6.11. The molecule has 1 aliphatic heterocycles. The number of aromatic nitrogens is 2. The predicted octanol–water partition coefficient (Wildman–Crippen LogP) is 2.33. The second kappa shape index (κ2) is 8.70. The quantitative estimate of drug-likeness (QED) is 0.808. The number of carbonyl (C=O) groups is 1. The van der Waals surface area contributed by atoms with Gasteiger partial charge in [0.2, 0.25) is 5.91 Å². The Morgan fingerprint density at radius 3 is 2.81 bits per heavy atom. The summed E-state index contributed by atoms with van der Waals surface area (Å²) >= 11 is 0. The summed E-state index contributed by atoms with van der Waals surface area (Å²) in [5, 5.41) is 3.34. The first-order valence-corrected chi connectivity index (χ1v) is 9.34. The van der Waals surface area contributed by atoms with Gasteiger partial charge in [0.15, 0.2) is 0 Å². The number of rotatable bonds is 7. The number of nitrogens with one attached hydrogen (secondary N) is 1. The van der Waals surface area contributed by atoms with E-state index in [1.54, 1.807) is 4.90 Å². The van der Waals surface area contributed by atoms with Crippen molar-refractivity contribution >= 4 is 17.5 Å². The lowest BCUT2D eigenvalue weighted by atomic mass is 10.2. The van der Waals surface area contributed by atoms with Crippen LogP contribution in [-0.4, -0.2) is 60.1 Å². The fraction of sp³-hybridized carbons (Fsp3) is 0.450. The van der Waals surface area contributed by atoms with Crippen LogP contribution in [0.25, 0.3) is 0 Å². The Bertz CT molecular complexity index is 782. The minimum absolute atomic E-state index is 0.0368. The Labute approximate surface area is 160 Å². The topological polar surface area (TPSA) is 70.6 Å². The summed E-state index contributed by atoms with van der Waals surface area (Å²) in [6.07, 6.45) is 2.45. The molecule has 144 valence electrons. The number of amides is 1. The second-order valence-electron chi connectivity index (χ2n) is 6.79. The van der Waals surface area contributed by atoms with Crippen LogP contribution in [0.4, 0.5) is 11.6 Å². The van der Waals surface area contributed by atoms with Crippen LogP contribution in [0.15, 0.2) is 36.7 Å². The lowest BCUT2D eigenvalue weighted by molar-refractivity contribution is -0.129. The molecule has 1 amide bonds. The zero-order valence-corrected chi connectivity index (χ0v) is 16.2. The highest BCUT2D eigenvalue weighted by Gasteiger charge is 2.22. The first-order valence-electron chi connectivity index (χ1n) is 9.34. The molecule has 0 radical (unpaired) electrons.